The highest BCUT2D eigenvalue weighted by Crippen LogP contribution is 2.33. The van der Waals surface area contributed by atoms with Crippen LogP contribution in [0.1, 0.15) is 63.9 Å². The van der Waals surface area contributed by atoms with Gasteiger partial charge in [0.05, 0.1) is 0 Å². The number of carbonyl (C=O) groups is 1. The molecule has 1 aliphatic rings. The van der Waals surface area contributed by atoms with Crippen LogP contribution in [0.5, 0.6) is 5.75 Å². The normalized spacial score (nSPS) is 22.4. The summed E-state index contributed by atoms with van der Waals surface area (Å²) in [5.41, 5.74) is 7.16. The van der Waals surface area contributed by atoms with Crippen LogP contribution in [-0.4, -0.2) is 38.1 Å². The van der Waals surface area contributed by atoms with Crippen LogP contribution in [0.25, 0.3) is 0 Å². The van der Waals surface area contributed by atoms with Gasteiger partial charge in [0.15, 0.2) is 0 Å². The van der Waals surface area contributed by atoms with Gasteiger partial charge in [-0.05, 0) is 81.3 Å². The van der Waals surface area contributed by atoms with Crippen molar-refractivity contribution in [3.05, 3.63) is 29.8 Å². The Morgan fingerprint density at radius 1 is 1.26 bits per heavy atom. The van der Waals surface area contributed by atoms with Crippen LogP contribution in [0.2, 0.25) is 0 Å². The highest BCUT2D eigenvalue weighted by Gasteiger charge is 2.27. The molecule has 4 nitrogen and oxygen atoms in total. The maximum atomic E-state index is 12.5. The first-order valence-corrected chi connectivity index (χ1v) is 10.6. The van der Waals surface area contributed by atoms with E-state index >= 15 is 0 Å². The van der Waals surface area contributed by atoms with Gasteiger partial charge in [0.25, 0.3) is 0 Å². The van der Waals surface area contributed by atoms with Crippen LogP contribution in [-0.2, 0) is 4.79 Å². The SMILES string of the molecule is CCC(c1cccc(OC(=O)CC2CCCCC2CN)c1)C(C)CN(C)C. The molecular formula is C23H38N2O2. The highest BCUT2D eigenvalue weighted by molar-refractivity contribution is 5.72. The van der Waals surface area contributed by atoms with E-state index < -0.39 is 0 Å². The van der Waals surface area contributed by atoms with Gasteiger partial charge in [-0.3, -0.25) is 4.79 Å². The fourth-order valence-electron chi connectivity index (χ4n) is 4.73. The maximum Gasteiger partial charge on any atom is 0.311 e. The standard InChI is InChI=1S/C23H38N2O2/c1-5-22(17(2)16-25(3)4)19-11-8-12-21(13-19)27-23(26)14-18-9-6-7-10-20(18)15-24/h8,11-13,17-18,20,22H,5-7,9-10,14-16,24H2,1-4H3. The molecule has 0 aliphatic heterocycles. The molecule has 1 fully saturated rings. The van der Waals surface area contributed by atoms with Crippen LogP contribution < -0.4 is 10.5 Å². The number of rotatable bonds is 9. The Morgan fingerprint density at radius 2 is 1.96 bits per heavy atom. The van der Waals surface area contributed by atoms with E-state index in [1.807, 2.05) is 12.1 Å². The van der Waals surface area contributed by atoms with E-state index in [-0.39, 0.29) is 5.97 Å². The molecule has 4 unspecified atom stereocenters. The number of hydrogen-bond acceptors (Lipinski definition) is 4. The lowest BCUT2D eigenvalue weighted by molar-refractivity contribution is -0.136. The van der Waals surface area contributed by atoms with Gasteiger partial charge in [-0.1, -0.05) is 38.8 Å². The zero-order valence-electron chi connectivity index (χ0n) is 17.6. The molecule has 1 aromatic rings. The Labute approximate surface area is 165 Å². The van der Waals surface area contributed by atoms with E-state index in [0.717, 1.165) is 25.8 Å². The molecule has 152 valence electrons. The number of carbonyl (C=O) groups excluding carboxylic acids is 1. The lowest BCUT2D eigenvalue weighted by atomic mass is 9.77. The molecule has 27 heavy (non-hydrogen) atoms. The van der Waals surface area contributed by atoms with E-state index in [1.54, 1.807) is 0 Å². The minimum Gasteiger partial charge on any atom is -0.427 e. The number of benzene rings is 1. The Morgan fingerprint density at radius 3 is 2.59 bits per heavy atom. The number of nitrogens with two attached hydrogens (primary N) is 1. The third kappa shape index (κ3) is 6.62. The van der Waals surface area contributed by atoms with E-state index in [0.29, 0.717) is 42.4 Å². The van der Waals surface area contributed by atoms with Crippen molar-refractivity contribution in [3.63, 3.8) is 0 Å². The summed E-state index contributed by atoms with van der Waals surface area (Å²) in [5, 5.41) is 0. The fraction of sp³-hybridized carbons (Fsp3) is 0.696. The first kappa shape index (κ1) is 21.9. The first-order chi connectivity index (χ1) is 12.9. The van der Waals surface area contributed by atoms with Crippen LogP contribution in [0, 0.1) is 17.8 Å². The van der Waals surface area contributed by atoms with Crippen molar-refractivity contribution < 1.29 is 9.53 Å². The molecule has 0 bridgehead atoms. The summed E-state index contributed by atoms with van der Waals surface area (Å²) in [6, 6.07) is 8.11. The van der Waals surface area contributed by atoms with E-state index in [9.17, 15) is 4.79 Å². The summed E-state index contributed by atoms with van der Waals surface area (Å²) in [6.45, 7) is 6.24. The summed E-state index contributed by atoms with van der Waals surface area (Å²) in [4.78, 5) is 14.7. The average molecular weight is 375 g/mol. The Balaban J connectivity index is 2.00. The minimum atomic E-state index is -0.119. The lowest BCUT2D eigenvalue weighted by Gasteiger charge is -2.29. The van der Waals surface area contributed by atoms with Gasteiger partial charge in [-0.25, -0.2) is 0 Å². The molecule has 1 aromatic carbocycles. The van der Waals surface area contributed by atoms with Gasteiger partial charge in [-0.15, -0.1) is 0 Å². The molecule has 2 N–H and O–H groups in total. The molecule has 4 heteroatoms. The molecule has 0 spiro atoms. The molecule has 0 heterocycles. The second-order valence-corrected chi connectivity index (χ2v) is 8.55. The Bertz CT molecular complexity index is 587. The van der Waals surface area contributed by atoms with Crippen molar-refractivity contribution in [2.45, 2.75) is 58.3 Å². The predicted molar refractivity (Wildman–Crippen MR) is 112 cm³/mol. The van der Waals surface area contributed by atoms with Crippen LogP contribution in [0.15, 0.2) is 24.3 Å². The summed E-state index contributed by atoms with van der Waals surface area (Å²) >= 11 is 0. The van der Waals surface area contributed by atoms with Gasteiger partial charge < -0.3 is 15.4 Å². The minimum absolute atomic E-state index is 0.119. The largest absolute Gasteiger partial charge is 0.427 e. The fourth-order valence-corrected chi connectivity index (χ4v) is 4.73. The predicted octanol–water partition coefficient (Wildman–Crippen LogP) is 4.44. The number of esters is 1. The van der Waals surface area contributed by atoms with E-state index in [1.165, 1.54) is 18.4 Å². The molecular weight excluding hydrogens is 336 g/mol. The molecule has 1 aliphatic carbocycles. The molecule has 0 amide bonds. The monoisotopic (exact) mass is 374 g/mol. The first-order valence-electron chi connectivity index (χ1n) is 10.6. The Kier molecular flexibility index (Phi) is 8.78. The number of nitrogens with zero attached hydrogens (tertiary/aromatic N) is 1. The maximum absolute atomic E-state index is 12.5. The topological polar surface area (TPSA) is 55.6 Å². The van der Waals surface area contributed by atoms with Crippen LogP contribution in [0.3, 0.4) is 0 Å². The molecule has 2 rings (SSSR count). The zero-order valence-corrected chi connectivity index (χ0v) is 17.6. The van der Waals surface area contributed by atoms with Crippen molar-refractivity contribution in [1.29, 1.82) is 0 Å². The summed E-state index contributed by atoms with van der Waals surface area (Å²) in [7, 11) is 4.22. The average Bonchev–Trinajstić information content (AvgIpc) is 2.62. The quantitative estimate of drug-likeness (QED) is 0.513. The van der Waals surface area contributed by atoms with Gasteiger partial charge in [0, 0.05) is 13.0 Å². The smallest absolute Gasteiger partial charge is 0.311 e. The number of hydrogen-bond donors (Lipinski definition) is 1. The van der Waals surface area contributed by atoms with Gasteiger partial charge in [0.2, 0.25) is 0 Å². The Hall–Kier alpha value is -1.39. The van der Waals surface area contributed by atoms with Crippen LogP contribution >= 0.6 is 0 Å². The lowest BCUT2D eigenvalue weighted by Crippen LogP contribution is -2.29. The molecule has 0 saturated heterocycles. The molecule has 0 radical (unpaired) electrons. The van der Waals surface area contributed by atoms with E-state index in [4.69, 9.17) is 10.5 Å². The summed E-state index contributed by atoms with van der Waals surface area (Å²) in [5.74, 6) is 2.41. The summed E-state index contributed by atoms with van der Waals surface area (Å²) in [6.07, 6.45) is 6.24. The van der Waals surface area contributed by atoms with Crippen molar-refractivity contribution in [2.24, 2.45) is 23.5 Å². The van der Waals surface area contributed by atoms with Crippen LogP contribution in [0.4, 0.5) is 0 Å². The zero-order chi connectivity index (χ0) is 19.8. The third-order valence-corrected chi connectivity index (χ3v) is 6.10. The van der Waals surface area contributed by atoms with Crippen molar-refractivity contribution in [1.82, 2.24) is 4.90 Å². The van der Waals surface area contributed by atoms with Gasteiger partial charge >= 0.3 is 5.97 Å². The van der Waals surface area contributed by atoms with Gasteiger partial charge in [0.1, 0.15) is 5.75 Å². The number of ether oxygens (including phenoxy) is 1. The third-order valence-electron chi connectivity index (χ3n) is 6.10. The van der Waals surface area contributed by atoms with E-state index in [2.05, 4.69) is 45.0 Å². The highest BCUT2D eigenvalue weighted by atomic mass is 16.5. The van der Waals surface area contributed by atoms with Gasteiger partial charge in [-0.2, -0.15) is 0 Å². The van der Waals surface area contributed by atoms with Crippen molar-refractivity contribution in [2.75, 3.05) is 27.2 Å². The molecule has 0 aromatic heterocycles. The summed E-state index contributed by atoms with van der Waals surface area (Å²) < 4.78 is 5.72. The molecule has 1 saturated carbocycles. The second kappa shape index (κ2) is 10.8. The second-order valence-electron chi connectivity index (χ2n) is 8.55. The van der Waals surface area contributed by atoms with Crippen molar-refractivity contribution >= 4 is 5.97 Å². The molecule has 4 atom stereocenters. The van der Waals surface area contributed by atoms with Crippen molar-refractivity contribution in [3.8, 4) is 5.75 Å².